The fraction of sp³-hybridized carbons (Fsp3) is 0.538. The van der Waals surface area contributed by atoms with Crippen molar-refractivity contribution in [3.63, 3.8) is 0 Å². The molecule has 0 aliphatic carbocycles. The van der Waals surface area contributed by atoms with Gasteiger partial charge in [-0.1, -0.05) is 6.92 Å². The number of anilines is 1. The Labute approximate surface area is 117 Å². The van der Waals surface area contributed by atoms with Gasteiger partial charge in [-0.05, 0) is 12.5 Å². The van der Waals surface area contributed by atoms with Crippen LogP contribution < -0.4 is 10.2 Å². The average molecular weight is 281 g/mol. The van der Waals surface area contributed by atoms with Gasteiger partial charge in [0.15, 0.2) is 5.75 Å². The Balaban J connectivity index is 2.10. The predicted molar refractivity (Wildman–Crippen MR) is 74.9 cm³/mol. The Morgan fingerprint density at radius 2 is 2.20 bits per heavy atom. The van der Waals surface area contributed by atoms with Gasteiger partial charge in [-0.3, -0.25) is 10.1 Å². The number of morpholine rings is 1. The molecule has 20 heavy (non-hydrogen) atoms. The van der Waals surface area contributed by atoms with E-state index in [2.05, 4.69) is 5.43 Å². The van der Waals surface area contributed by atoms with Crippen LogP contribution in [0.1, 0.15) is 13.3 Å². The van der Waals surface area contributed by atoms with E-state index < -0.39 is 4.92 Å². The molecule has 1 saturated heterocycles. The maximum atomic E-state index is 11.0. The molecule has 2 rings (SSSR count). The largest absolute Gasteiger partial charge is 0.487 e. The molecule has 1 aromatic rings. The van der Waals surface area contributed by atoms with Crippen molar-refractivity contribution in [3.05, 3.63) is 28.3 Å². The summed E-state index contributed by atoms with van der Waals surface area (Å²) in [6, 6.07) is 4.82. The third-order valence-electron chi connectivity index (χ3n) is 2.92. The lowest BCUT2D eigenvalue weighted by molar-refractivity contribution is -0.385. The van der Waals surface area contributed by atoms with Crippen LogP contribution >= 0.6 is 0 Å². The van der Waals surface area contributed by atoms with Crippen LogP contribution in [0.5, 0.6) is 5.75 Å². The molecule has 0 spiro atoms. The van der Waals surface area contributed by atoms with E-state index in [0.717, 1.165) is 25.2 Å². The summed E-state index contributed by atoms with van der Waals surface area (Å²) in [4.78, 5) is 10.5. The second-order valence-corrected chi connectivity index (χ2v) is 4.50. The van der Waals surface area contributed by atoms with Crippen LogP contribution in [-0.4, -0.2) is 42.8 Å². The van der Waals surface area contributed by atoms with E-state index in [1.807, 2.05) is 11.9 Å². The lowest BCUT2D eigenvalue weighted by Gasteiger charge is -2.28. The van der Waals surface area contributed by atoms with E-state index in [1.54, 1.807) is 12.1 Å². The molecule has 7 nitrogen and oxygen atoms in total. The number of benzene rings is 1. The van der Waals surface area contributed by atoms with E-state index in [-0.39, 0.29) is 5.69 Å². The highest BCUT2D eigenvalue weighted by Gasteiger charge is 2.17. The van der Waals surface area contributed by atoms with Gasteiger partial charge >= 0.3 is 5.69 Å². The van der Waals surface area contributed by atoms with Crippen LogP contribution in [0, 0.1) is 10.1 Å². The SMILES string of the molecule is CCCOc1cc(NN2CCOCC2)ccc1[N+](=O)[O-]. The first-order chi connectivity index (χ1) is 9.70. The lowest BCUT2D eigenvalue weighted by atomic mass is 10.2. The molecule has 0 amide bonds. The maximum Gasteiger partial charge on any atom is 0.311 e. The first-order valence-corrected chi connectivity index (χ1v) is 6.71. The second kappa shape index (κ2) is 7.06. The van der Waals surface area contributed by atoms with Crippen LogP contribution in [0.4, 0.5) is 11.4 Å². The van der Waals surface area contributed by atoms with E-state index in [1.165, 1.54) is 6.07 Å². The standard InChI is InChI=1S/C13H19N3O4/c1-2-7-20-13-10-11(3-4-12(13)16(17)18)14-15-5-8-19-9-6-15/h3-4,10,14H,2,5-9H2,1H3. The zero-order chi connectivity index (χ0) is 14.4. The normalized spacial score (nSPS) is 15.8. The van der Waals surface area contributed by atoms with Crippen molar-refractivity contribution in [2.24, 2.45) is 0 Å². The molecule has 1 N–H and O–H groups in total. The smallest absolute Gasteiger partial charge is 0.311 e. The summed E-state index contributed by atoms with van der Waals surface area (Å²) in [5, 5.41) is 13.0. The molecule has 0 bridgehead atoms. The van der Waals surface area contributed by atoms with Crippen molar-refractivity contribution in [3.8, 4) is 5.75 Å². The molecule has 7 heteroatoms. The van der Waals surface area contributed by atoms with Crippen LogP contribution in [0.3, 0.4) is 0 Å². The van der Waals surface area contributed by atoms with Gasteiger partial charge < -0.3 is 14.9 Å². The topological polar surface area (TPSA) is 76.9 Å². The Morgan fingerprint density at radius 1 is 1.45 bits per heavy atom. The number of nitro groups is 1. The van der Waals surface area contributed by atoms with Crippen LogP contribution in [-0.2, 0) is 4.74 Å². The first kappa shape index (κ1) is 14.5. The summed E-state index contributed by atoms with van der Waals surface area (Å²) in [7, 11) is 0. The zero-order valence-corrected chi connectivity index (χ0v) is 11.5. The summed E-state index contributed by atoms with van der Waals surface area (Å²) >= 11 is 0. The lowest BCUT2D eigenvalue weighted by Crippen LogP contribution is -2.40. The number of hydrogen-bond donors (Lipinski definition) is 1. The van der Waals surface area contributed by atoms with Crippen molar-refractivity contribution < 1.29 is 14.4 Å². The van der Waals surface area contributed by atoms with Gasteiger partial charge in [0.1, 0.15) is 0 Å². The summed E-state index contributed by atoms with van der Waals surface area (Å²) < 4.78 is 10.7. The third-order valence-corrected chi connectivity index (χ3v) is 2.92. The number of rotatable bonds is 6. The summed E-state index contributed by atoms with van der Waals surface area (Å²) in [6.45, 7) is 5.34. The van der Waals surface area contributed by atoms with Gasteiger partial charge in [-0.15, -0.1) is 0 Å². The monoisotopic (exact) mass is 281 g/mol. The zero-order valence-electron chi connectivity index (χ0n) is 11.5. The van der Waals surface area contributed by atoms with Crippen molar-refractivity contribution in [2.45, 2.75) is 13.3 Å². The summed E-state index contributed by atoms with van der Waals surface area (Å²) in [5.74, 6) is 0.301. The molecule has 0 radical (unpaired) electrons. The average Bonchev–Trinajstić information content (AvgIpc) is 2.46. The highest BCUT2D eigenvalue weighted by Crippen LogP contribution is 2.30. The number of nitro benzene ring substituents is 1. The quantitative estimate of drug-likeness (QED) is 0.635. The maximum absolute atomic E-state index is 11.0. The minimum Gasteiger partial charge on any atom is -0.487 e. The number of hydrogen-bond acceptors (Lipinski definition) is 6. The van der Waals surface area contributed by atoms with Crippen LogP contribution in [0.25, 0.3) is 0 Å². The number of nitrogens with one attached hydrogen (secondary N) is 1. The fourth-order valence-corrected chi connectivity index (χ4v) is 1.92. The first-order valence-electron chi connectivity index (χ1n) is 6.71. The predicted octanol–water partition coefficient (Wildman–Crippen LogP) is 2.04. The molecule has 0 unspecified atom stereocenters. The van der Waals surface area contributed by atoms with E-state index in [4.69, 9.17) is 9.47 Å². The molecule has 1 fully saturated rings. The Hall–Kier alpha value is -1.86. The van der Waals surface area contributed by atoms with Gasteiger partial charge in [0.25, 0.3) is 0 Å². The van der Waals surface area contributed by atoms with E-state index >= 15 is 0 Å². The van der Waals surface area contributed by atoms with Crippen LogP contribution in [0.15, 0.2) is 18.2 Å². The molecular weight excluding hydrogens is 262 g/mol. The van der Waals surface area contributed by atoms with Gasteiger partial charge in [0.2, 0.25) is 0 Å². The van der Waals surface area contributed by atoms with Gasteiger partial charge in [-0.2, -0.15) is 0 Å². The number of nitrogens with zero attached hydrogens (tertiary/aromatic N) is 2. The third kappa shape index (κ3) is 3.82. The molecule has 1 heterocycles. The second-order valence-electron chi connectivity index (χ2n) is 4.50. The van der Waals surface area contributed by atoms with Crippen molar-refractivity contribution in [2.75, 3.05) is 38.3 Å². The van der Waals surface area contributed by atoms with Crippen LogP contribution in [0.2, 0.25) is 0 Å². The molecular formula is C13H19N3O4. The summed E-state index contributed by atoms with van der Waals surface area (Å²) in [5.41, 5.74) is 3.99. The highest BCUT2D eigenvalue weighted by atomic mass is 16.6. The van der Waals surface area contributed by atoms with Crippen molar-refractivity contribution in [1.29, 1.82) is 0 Å². The van der Waals surface area contributed by atoms with E-state index in [9.17, 15) is 10.1 Å². The van der Waals surface area contributed by atoms with Crippen molar-refractivity contribution in [1.82, 2.24) is 5.01 Å². The Kier molecular flexibility index (Phi) is 5.14. The fourth-order valence-electron chi connectivity index (χ4n) is 1.92. The molecule has 110 valence electrons. The van der Waals surface area contributed by atoms with E-state index in [0.29, 0.717) is 25.6 Å². The molecule has 0 saturated carbocycles. The summed E-state index contributed by atoms with van der Waals surface area (Å²) in [6.07, 6.45) is 0.804. The van der Waals surface area contributed by atoms with Gasteiger partial charge in [-0.25, -0.2) is 5.01 Å². The molecule has 1 aromatic carbocycles. The molecule has 0 atom stereocenters. The molecule has 0 aromatic heterocycles. The van der Waals surface area contributed by atoms with Gasteiger partial charge in [0.05, 0.1) is 30.4 Å². The van der Waals surface area contributed by atoms with Crippen molar-refractivity contribution >= 4 is 11.4 Å². The Morgan fingerprint density at radius 3 is 2.85 bits per heavy atom. The number of hydrazine groups is 1. The minimum atomic E-state index is -0.427. The number of ether oxygens (including phenoxy) is 2. The Bertz CT molecular complexity index is 461. The minimum absolute atomic E-state index is 0.00835. The molecule has 1 aliphatic rings. The highest BCUT2D eigenvalue weighted by molar-refractivity contribution is 5.57. The van der Waals surface area contributed by atoms with Gasteiger partial charge in [0, 0.05) is 25.2 Å². The molecule has 1 aliphatic heterocycles.